The summed E-state index contributed by atoms with van der Waals surface area (Å²) in [5, 5.41) is 0. The first kappa shape index (κ1) is 21.0. The topological polar surface area (TPSA) is 100 Å². The zero-order valence-corrected chi connectivity index (χ0v) is 16.0. The van der Waals surface area contributed by atoms with Crippen LogP contribution in [-0.4, -0.2) is 27.0 Å². The standard InChI is InChI=1S/C20H17F3N4O3/c1-11(2)29-17-9-15(18(24)28)26-19(27-17)12-3-6-14(7-4-12)30-16-8-5-13(10-25-16)20(21,22)23/h3-11H,1-2H3,(H2,24,28). The van der Waals surface area contributed by atoms with Crippen LogP contribution in [0.15, 0.2) is 48.7 Å². The summed E-state index contributed by atoms with van der Waals surface area (Å²) in [6.45, 7) is 3.63. The van der Waals surface area contributed by atoms with Gasteiger partial charge in [0.1, 0.15) is 11.4 Å². The van der Waals surface area contributed by atoms with Gasteiger partial charge in [-0.3, -0.25) is 4.79 Å². The van der Waals surface area contributed by atoms with Crippen LogP contribution in [0.1, 0.15) is 29.9 Å². The minimum atomic E-state index is -4.47. The van der Waals surface area contributed by atoms with Crippen LogP contribution >= 0.6 is 0 Å². The van der Waals surface area contributed by atoms with Crippen molar-refractivity contribution in [3.8, 4) is 28.9 Å². The Morgan fingerprint density at radius 2 is 1.73 bits per heavy atom. The van der Waals surface area contributed by atoms with Crippen molar-refractivity contribution in [2.24, 2.45) is 5.73 Å². The number of hydrogen-bond acceptors (Lipinski definition) is 6. The second-order valence-electron chi connectivity index (χ2n) is 6.46. The molecule has 3 rings (SSSR count). The Bertz CT molecular complexity index is 1040. The Kier molecular flexibility index (Phi) is 5.86. The number of amides is 1. The second kappa shape index (κ2) is 8.36. The van der Waals surface area contributed by atoms with E-state index in [4.69, 9.17) is 15.2 Å². The number of carbonyl (C=O) groups excluding carboxylic acids is 1. The van der Waals surface area contributed by atoms with Crippen LogP contribution < -0.4 is 15.2 Å². The number of rotatable bonds is 6. The van der Waals surface area contributed by atoms with Gasteiger partial charge in [0.25, 0.3) is 5.91 Å². The zero-order valence-electron chi connectivity index (χ0n) is 16.0. The van der Waals surface area contributed by atoms with Crippen LogP contribution in [0.3, 0.4) is 0 Å². The zero-order chi connectivity index (χ0) is 21.9. The molecule has 0 aliphatic rings. The van der Waals surface area contributed by atoms with Gasteiger partial charge in [0.15, 0.2) is 5.82 Å². The molecule has 2 aromatic heterocycles. The second-order valence-corrected chi connectivity index (χ2v) is 6.46. The van der Waals surface area contributed by atoms with Crippen LogP contribution in [0.5, 0.6) is 17.5 Å². The molecule has 0 spiro atoms. The minimum Gasteiger partial charge on any atom is -0.475 e. The summed E-state index contributed by atoms with van der Waals surface area (Å²) < 4.78 is 48.8. The summed E-state index contributed by atoms with van der Waals surface area (Å²) in [4.78, 5) is 23.6. The lowest BCUT2D eigenvalue weighted by molar-refractivity contribution is -0.137. The fourth-order valence-corrected chi connectivity index (χ4v) is 2.38. The highest BCUT2D eigenvalue weighted by atomic mass is 19.4. The highest BCUT2D eigenvalue weighted by molar-refractivity contribution is 5.91. The average molecular weight is 418 g/mol. The Hall–Kier alpha value is -3.69. The number of hydrogen-bond donors (Lipinski definition) is 1. The fraction of sp³-hybridized carbons (Fsp3) is 0.200. The first-order valence-electron chi connectivity index (χ1n) is 8.79. The van der Waals surface area contributed by atoms with E-state index in [2.05, 4.69) is 15.0 Å². The SMILES string of the molecule is CC(C)Oc1cc(C(N)=O)nc(-c2ccc(Oc3ccc(C(F)(F)F)cn3)cc2)n1. The normalized spacial score (nSPS) is 11.4. The molecule has 0 atom stereocenters. The van der Waals surface area contributed by atoms with E-state index >= 15 is 0 Å². The Balaban J connectivity index is 1.81. The number of ether oxygens (including phenoxy) is 2. The van der Waals surface area contributed by atoms with Crippen LogP contribution in [0.2, 0.25) is 0 Å². The maximum atomic E-state index is 12.6. The molecule has 10 heteroatoms. The number of alkyl halides is 3. The molecule has 0 aliphatic heterocycles. The lowest BCUT2D eigenvalue weighted by atomic mass is 10.2. The van der Waals surface area contributed by atoms with Crippen molar-refractivity contribution in [1.29, 1.82) is 0 Å². The number of nitrogens with zero attached hydrogens (tertiary/aromatic N) is 3. The fourth-order valence-electron chi connectivity index (χ4n) is 2.38. The first-order chi connectivity index (χ1) is 14.1. The summed E-state index contributed by atoms with van der Waals surface area (Å²) >= 11 is 0. The smallest absolute Gasteiger partial charge is 0.417 e. The maximum absolute atomic E-state index is 12.6. The van der Waals surface area contributed by atoms with Gasteiger partial charge >= 0.3 is 6.18 Å². The van der Waals surface area contributed by atoms with Gasteiger partial charge in [0.05, 0.1) is 11.7 Å². The molecule has 2 N–H and O–H groups in total. The Labute approximate surface area is 169 Å². The molecule has 0 bridgehead atoms. The molecule has 0 unspecified atom stereocenters. The van der Waals surface area contributed by atoms with E-state index in [-0.39, 0.29) is 29.4 Å². The maximum Gasteiger partial charge on any atom is 0.417 e. The average Bonchev–Trinajstić information content (AvgIpc) is 2.67. The summed E-state index contributed by atoms with van der Waals surface area (Å²) in [7, 11) is 0. The van der Waals surface area contributed by atoms with E-state index < -0.39 is 17.6 Å². The molecule has 0 radical (unpaired) electrons. The number of pyridine rings is 1. The predicted octanol–water partition coefficient (Wildman–Crippen LogP) is 4.24. The van der Waals surface area contributed by atoms with E-state index in [1.165, 1.54) is 6.07 Å². The molecule has 1 aromatic carbocycles. The van der Waals surface area contributed by atoms with Gasteiger partial charge in [-0.25, -0.2) is 9.97 Å². The summed E-state index contributed by atoms with van der Waals surface area (Å²) in [5.74, 6) is 0.0610. The lowest BCUT2D eigenvalue weighted by Gasteiger charge is -2.11. The van der Waals surface area contributed by atoms with Gasteiger partial charge in [-0.15, -0.1) is 0 Å². The molecular weight excluding hydrogens is 401 g/mol. The van der Waals surface area contributed by atoms with Gasteiger partial charge < -0.3 is 15.2 Å². The number of carbonyl (C=O) groups is 1. The number of aromatic nitrogens is 3. The molecule has 0 saturated heterocycles. The quantitative estimate of drug-likeness (QED) is 0.643. The van der Waals surface area contributed by atoms with E-state index in [1.54, 1.807) is 24.3 Å². The largest absolute Gasteiger partial charge is 0.475 e. The van der Waals surface area contributed by atoms with Crippen molar-refractivity contribution in [3.63, 3.8) is 0 Å². The van der Waals surface area contributed by atoms with Crippen LogP contribution in [0, 0.1) is 0 Å². The molecule has 30 heavy (non-hydrogen) atoms. The van der Waals surface area contributed by atoms with Crippen LogP contribution in [-0.2, 0) is 6.18 Å². The molecule has 0 fully saturated rings. The van der Waals surface area contributed by atoms with Crippen molar-refractivity contribution in [2.75, 3.05) is 0 Å². The van der Waals surface area contributed by atoms with Crippen molar-refractivity contribution in [1.82, 2.24) is 15.0 Å². The molecule has 0 aliphatic carbocycles. The summed E-state index contributed by atoms with van der Waals surface area (Å²) in [6, 6.07) is 9.76. The molecule has 156 valence electrons. The summed E-state index contributed by atoms with van der Waals surface area (Å²) in [6.07, 6.45) is -3.94. The van der Waals surface area contributed by atoms with Crippen molar-refractivity contribution in [2.45, 2.75) is 26.1 Å². The minimum absolute atomic E-state index is 0.00457. The van der Waals surface area contributed by atoms with Crippen molar-refractivity contribution >= 4 is 5.91 Å². The third kappa shape index (κ3) is 5.22. The molecule has 3 aromatic rings. The lowest BCUT2D eigenvalue weighted by Crippen LogP contribution is -2.16. The van der Waals surface area contributed by atoms with Gasteiger partial charge in [-0.05, 0) is 44.2 Å². The Morgan fingerprint density at radius 1 is 1.03 bits per heavy atom. The Morgan fingerprint density at radius 3 is 2.27 bits per heavy atom. The van der Waals surface area contributed by atoms with Crippen molar-refractivity contribution in [3.05, 3.63) is 59.9 Å². The number of halogens is 3. The van der Waals surface area contributed by atoms with Crippen LogP contribution in [0.4, 0.5) is 13.2 Å². The number of nitrogens with two attached hydrogens (primary N) is 1. The van der Waals surface area contributed by atoms with E-state index in [1.807, 2.05) is 13.8 Å². The predicted molar refractivity (Wildman–Crippen MR) is 101 cm³/mol. The van der Waals surface area contributed by atoms with E-state index in [0.29, 0.717) is 17.5 Å². The third-order valence-corrected chi connectivity index (χ3v) is 3.71. The molecule has 0 saturated carbocycles. The highest BCUT2D eigenvalue weighted by Gasteiger charge is 2.30. The van der Waals surface area contributed by atoms with Gasteiger partial charge in [0, 0.05) is 23.9 Å². The van der Waals surface area contributed by atoms with Gasteiger partial charge in [-0.1, -0.05) is 0 Å². The van der Waals surface area contributed by atoms with E-state index in [9.17, 15) is 18.0 Å². The first-order valence-corrected chi connectivity index (χ1v) is 8.79. The summed E-state index contributed by atoms with van der Waals surface area (Å²) in [5.41, 5.74) is 5.02. The third-order valence-electron chi connectivity index (χ3n) is 3.71. The molecule has 7 nitrogen and oxygen atoms in total. The van der Waals surface area contributed by atoms with Crippen molar-refractivity contribution < 1.29 is 27.4 Å². The van der Waals surface area contributed by atoms with Gasteiger partial charge in [0.2, 0.25) is 11.8 Å². The molecule has 2 heterocycles. The monoisotopic (exact) mass is 418 g/mol. The number of benzene rings is 1. The molecular formula is C20H17F3N4O3. The molecule has 1 amide bonds. The highest BCUT2D eigenvalue weighted by Crippen LogP contribution is 2.30. The van der Waals surface area contributed by atoms with Crippen LogP contribution in [0.25, 0.3) is 11.4 Å². The van der Waals surface area contributed by atoms with Gasteiger partial charge in [-0.2, -0.15) is 18.2 Å². The van der Waals surface area contributed by atoms with E-state index in [0.717, 1.165) is 12.1 Å². The number of primary amides is 1.